The van der Waals surface area contributed by atoms with Gasteiger partial charge in [-0.3, -0.25) is 0 Å². The highest BCUT2D eigenvalue weighted by atomic mass is 16.7. The van der Waals surface area contributed by atoms with E-state index in [1.807, 2.05) is 18.2 Å². The van der Waals surface area contributed by atoms with Crippen LogP contribution in [0.15, 0.2) is 24.0 Å². The Balaban J connectivity index is 2.67. The molecule has 0 atom stereocenters. The van der Waals surface area contributed by atoms with Gasteiger partial charge in [-0.2, -0.15) is 0 Å². The third kappa shape index (κ3) is 1.68. The second-order valence-electron chi connectivity index (χ2n) is 2.57. The summed E-state index contributed by atoms with van der Waals surface area (Å²) >= 11 is 0. The quantitative estimate of drug-likeness (QED) is 0.600. The van der Waals surface area contributed by atoms with Crippen molar-refractivity contribution >= 4 is 0 Å². The van der Waals surface area contributed by atoms with Crippen LogP contribution in [-0.4, -0.2) is 27.1 Å². The fourth-order valence-electron chi connectivity index (χ4n) is 1.13. The van der Waals surface area contributed by atoms with E-state index in [1.54, 1.807) is 21.3 Å². The molecule has 0 N–H and O–H groups in total. The van der Waals surface area contributed by atoms with Gasteiger partial charge in [-0.15, -0.1) is 0 Å². The van der Waals surface area contributed by atoms with Crippen molar-refractivity contribution in [1.29, 1.82) is 0 Å². The fraction of sp³-hybridized carbons (Fsp3) is 0.556. The number of methoxy groups -OCH3 is 3. The van der Waals surface area contributed by atoms with E-state index in [4.69, 9.17) is 14.2 Å². The van der Waals surface area contributed by atoms with Gasteiger partial charge in [0.15, 0.2) is 5.79 Å². The number of ether oxygens (including phenoxy) is 3. The highest BCUT2D eigenvalue weighted by Gasteiger charge is 2.27. The monoisotopic (exact) mass is 170 g/mol. The van der Waals surface area contributed by atoms with Gasteiger partial charge in [0.05, 0.1) is 7.11 Å². The first-order chi connectivity index (χ1) is 5.76. The van der Waals surface area contributed by atoms with Gasteiger partial charge in [0.25, 0.3) is 0 Å². The summed E-state index contributed by atoms with van der Waals surface area (Å²) in [6.07, 6.45) is 6.31. The highest BCUT2D eigenvalue weighted by molar-refractivity contribution is 5.21. The first-order valence-electron chi connectivity index (χ1n) is 3.80. The van der Waals surface area contributed by atoms with Gasteiger partial charge in [-0.1, -0.05) is 0 Å². The zero-order valence-electron chi connectivity index (χ0n) is 7.66. The minimum atomic E-state index is -0.595. The van der Waals surface area contributed by atoms with Crippen LogP contribution in [0.25, 0.3) is 0 Å². The summed E-state index contributed by atoms with van der Waals surface area (Å²) in [7, 11) is 4.89. The van der Waals surface area contributed by atoms with Gasteiger partial charge < -0.3 is 14.2 Å². The Kier molecular flexibility index (Phi) is 2.89. The van der Waals surface area contributed by atoms with E-state index >= 15 is 0 Å². The van der Waals surface area contributed by atoms with E-state index < -0.39 is 5.79 Å². The summed E-state index contributed by atoms with van der Waals surface area (Å²) in [5, 5.41) is 0. The summed E-state index contributed by atoms with van der Waals surface area (Å²) in [6, 6.07) is 0. The van der Waals surface area contributed by atoms with Gasteiger partial charge in [-0.05, 0) is 18.2 Å². The Bertz CT molecular complexity index is 202. The normalized spacial score (nSPS) is 20.4. The van der Waals surface area contributed by atoms with Gasteiger partial charge in [0.1, 0.15) is 5.76 Å². The lowest BCUT2D eigenvalue weighted by molar-refractivity contribution is -0.168. The molecular weight excluding hydrogens is 156 g/mol. The summed E-state index contributed by atoms with van der Waals surface area (Å²) in [6.45, 7) is 0. The molecule has 0 aromatic carbocycles. The Hall–Kier alpha value is -0.800. The van der Waals surface area contributed by atoms with E-state index in [2.05, 4.69) is 0 Å². The predicted octanol–water partition coefficient (Wildman–Crippen LogP) is 1.47. The third-order valence-corrected chi connectivity index (χ3v) is 2.02. The van der Waals surface area contributed by atoms with Crippen molar-refractivity contribution in [3.8, 4) is 0 Å². The van der Waals surface area contributed by atoms with Crippen molar-refractivity contribution in [2.75, 3.05) is 21.3 Å². The van der Waals surface area contributed by atoms with Crippen LogP contribution in [0.1, 0.15) is 6.42 Å². The van der Waals surface area contributed by atoms with Crippen LogP contribution in [0, 0.1) is 0 Å². The van der Waals surface area contributed by atoms with E-state index in [-0.39, 0.29) is 0 Å². The molecule has 0 heterocycles. The average molecular weight is 170 g/mol. The smallest absolute Gasteiger partial charge is 0.191 e. The average Bonchev–Trinajstić information content (AvgIpc) is 2.18. The van der Waals surface area contributed by atoms with Crippen LogP contribution in [0.4, 0.5) is 0 Å². The Labute approximate surface area is 72.6 Å². The molecule has 0 amide bonds. The molecule has 1 aliphatic rings. The molecule has 68 valence electrons. The Morgan fingerprint density at radius 2 is 1.92 bits per heavy atom. The lowest BCUT2D eigenvalue weighted by Crippen LogP contribution is -2.32. The van der Waals surface area contributed by atoms with Gasteiger partial charge in [0, 0.05) is 20.6 Å². The standard InChI is InChI=1S/C9H14O3/c1-10-8-4-6-9(11-2,12-3)7-5-8/h4-6H,7H2,1-3H3. The van der Waals surface area contributed by atoms with Crippen LogP contribution in [0.3, 0.4) is 0 Å². The first-order valence-corrected chi connectivity index (χ1v) is 3.80. The van der Waals surface area contributed by atoms with Crippen LogP contribution in [-0.2, 0) is 14.2 Å². The topological polar surface area (TPSA) is 27.7 Å². The van der Waals surface area contributed by atoms with Crippen LogP contribution in [0.2, 0.25) is 0 Å². The van der Waals surface area contributed by atoms with Crippen LogP contribution >= 0.6 is 0 Å². The van der Waals surface area contributed by atoms with Crippen molar-refractivity contribution < 1.29 is 14.2 Å². The van der Waals surface area contributed by atoms with E-state index in [0.29, 0.717) is 6.42 Å². The third-order valence-electron chi connectivity index (χ3n) is 2.02. The maximum absolute atomic E-state index is 5.21. The van der Waals surface area contributed by atoms with E-state index in [1.165, 1.54) is 0 Å². The van der Waals surface area contributed by atoms with Crippen LogP contribution in [0.5, 0.6) is 0 Å². The summed E-state index contributed by atoms with van der Waals surface area (Å²) in [4.78, 5) is 0. The molecule has 0 aromatic rings. The molecule has 0 aromatic heterocycles. The molecule has 0 bridgehead atoms. The van der Waals surface area contributed by atoms with Gasteiger partial charge in [-0.25, -0.2) is 0 Å². The van der Waals surface area contributed by atoms with Crippen molar-refractivity contribution in [2.24, 2.45) is 0 Å². The SMILES string of the molecule is COC1=CCC(OC)(OC)C=C1. The summed E-state index contributed by atoms with van der Waals surface area (Å²) < 4.78 is 15.5. The lowest BCUT2D eigenvalue weighted by Gasteiger charge is -2.28. The highest BCUT2D eigenvalue weighted by Crippen LogP contribution is 2.24. The second-order valence-corrected chi connectivity index (χ2v) is 2.57. The molecule has 0 unspecified atom stereocenters. The molecule has 1 aliphatic carbocycles. The number of allylic oxidation sites excluding steroid dienone is 1. The van der Waals surface area contributed by atoms with E-state index in [9.17, 15) is 0 Å². The van der Waals surface area contributed by atoms with Gasteiger partial charge >= 0.3 is 0 Å². The molecule has 3 nitrogen and oxygen atoms in total. The van der Waals surface area contributed by atoms with Crippen molar-refractivity contribution in [3.05, 3.63) is 24.0 Å². The fourth-order valence-corrected chi connectivity index (χ4v) is 1.13. The number of rotatable bonds is 3. The second kappa shape index (κ2) is 3.74. The largest absolute Gasteiger partial charge is 0.497 e. The molecular formula is C9H14O3. The minimum absolute atomic E-state index is 0.595. The molecule has 1 rings (SSSR count). The first kappa shape index (κ1) is 9.29. The van der Waals surface area contributed by atoms with Crippen molar-refractivity contribution in [2.45, 2.75) is 12.2 Å². The number of hydrogen-bond donors (Lipinski definition) is 0. The molecule has 0 spiro atoms. The molecule has 3 heteroatoms. The minimum Gasteiger partial charge on any atom is -0.497 e. The zero-order valence-corrected chi connectivity index (χ0v) is 7.66. The molecule has 12 heavy (non-hydrogen) atoms. The zero-order chi connectivity index (χ0) is 9.03. The molecule has 0 saturated heterocycles. The van der Waals surface area contributed by atoms with Gasteiger partial charge in [0.2, 0.25) is 0 Å². The summed E-state index contributed by atoms with van der Waals surface area (Å²) in [5.74, 6) is 0.252. The molecule has 0 radical (unpaired) electrons. The summed E-state index contributed by atoms with van der Waals surface area (Å²) in [5.41, 5.74) is 0. The maximum Gasteiger partial charge on any atom is 0.191 e. The Morgan fingerprint density at radius 1 is 1.25 bits per heavy atom. The molecule has 0 fully saturated rings. The Morgan fingerprint density at radius 3 is 2.25 bits per heavy atom. The predicted molar refractivity (Wildman–Crippen MR) is 45.6 cm³/mol. The van der Waals surface area contributed by atoms with Crippen LogP contribution < -0.4 is 0 Å². The van der Waals surface area contributed by atoms with Crippen molar-refractivity contribution in [3.63, 3.8) is 0 Å². The maximum atomic E-state index is 5.21. The van der Waals surface area contributed by atoms with Crippen molar-refractivity contribution in [1.82, 2.24) is 0 Å². The molecule has 0 saturated carbocycles. The number of hydrogen-bond acceptors (Lipinski definition) is 3. The van der Waals surface area contributed by atoms with E-state index in [0.717, 1.165) is 5.76 Å². The lowest BCUT2D eigenvalue weighted by atomic mass is 10.1. The molecule has 0 aliphatic heterocycles.